The number of carbonyl (C=O) groups is 2. The zero-order chi connectivity index (χ0) is 21.2. The van der Waals surface area contributed by atoms with E-state index in [1.807, 2.05) is 29.2 Å². The van der Waals surface area contributed by atoms with Crippen molar-refractivity contribution in [2.24, 2.45) is 5.92 Å². The third-order valence-electron chi connectivity index (χ3n) is 6.70. The number of nitrogens with zero attached hydrogens (tertiary/aromatic N) is 2. The number of benzene rings is 2. The lowest BCUT2D eigenvalue weighted by Gasteiger charge is -2.35. The summed E-state index contributed by atoms with van der Waals surface area (Å²) >= 11 is 0. The third-order valence-corrected chi connectivity index (χ3v) is 6.70. The minimum absolute atomic E-state index is 0.0509. The second-order valence-corrected chi connectivity index (χ2v) is 8.72. The lowest BCUT2D eigenvalue weighted by Crippen LogP contribution is -2.49. The van der Waals surface area contributed by atoms with Gasteiger partial charge in [-0.1, -0.05) is 36.4 Å². The Morgan fingerprint density at radius 2 is 1.71 bits per heavy atom. The number of hydrogen-bond acceptors (Lipinski definition) is 4. The summed E-state index contributed by atoms with van der Waals surface area (Å²) in [6.07, 6.45) is 4.14. The first-order valence-electron chi connectivity index (χ1n) is 11.2. The molecule has 0 radical (unpaired) electrons. The van der Waals surface area contributed by atoms with Crippen molar-refractivity contribution >= 4 is 11.8 Å². The van der Waals surface area contributed by atoms with Crippen LogP contribution in [0.25, 0.3) is 0 Å². The molecule has 5 rings (SSSR count). The molecule has 0 N–H and O–H groups in total. The lowest BCUT2D eigenvalue weighted by atomic mass is 9.90. The predicted octanol–water partition coefficient (Wildman–Crippen LogP) is 3.39. The first-order valence-corrected chi connectivity index (χ1v) is 11.2. The second kappa shape index (κ2) is 8.61. The number of ether oxygens (including phenoxy) is 2. The number of carbonyl (C=O) groups excluding carboxylic acids is 2. The largest absolute Gasteiger partial charge is 0.454 e. The molecule has 0 bridgehead atoms. The van der Waals surface area contributed by atoms with Crippen LogP contribution in [0, 0.1) is 5.92 Å². The van der Waals surface area contributed by atoms with Crippen LogP contribution in [-0.4, -0.2) is 47.5 Å². The summed E-state index contributed by atoms with van der Waals surface area (Å²) in [6.45, 7) is 2.21. The van der Waals surface area contributed by atoms with Gasteiger partial charge in [-0.25, -0.2) is 0 Å². The molecule has 1 atom stereocenters. The standard InChI is InChI=1S/C25H28N2O4/c28-24-9-7-21(27(24)16-20-6-8-22-23(15-20)31-17-30-22)25(29)26-12-10-19(11-13-26)14-18-4-2-1-3-5-18/h1-6,8,15,19,21H,7,9-14,16-17H2. The van der Waals surface area contributed by atoms with E-state index in [-0.39, 0.29) is 24.6 Å². The van der Waals surface area contributed by atoms with Crippen LogP contribution in [0.15, 0.2) is 48.5 Å². The van der Waals surface area contributed by atoms with E-state index in [2.05, 4.69) is 24.3 Å². The number of amides is 2. The first-order chi connectivity index (χ1) is 15.2. The van der Waals surface area contributed by atoms with Crippen LogP contribution < -0.4 is 9.47 Å². The van der Waals surface area contributed by atoms with E-state index < -0.39 is 0 Å². The van der Waals surface area contributed by atoms with E-state index in [1.54, 1.807) is 4.90 Å². The number of fused-ring (bicyclic) bond motifs is 1. The number of likely N-dealkylation sites (tertiary alicyclic amines) is 2. The quantitative estimate of drug-likeness (QED) is 0.744. The van der Waals surface area contributed by atoms with Crippen molar-refractivity contribution in [3.05, 3.63) is 59.7 Å². The Morgan fingerprint density at radius 1 is 0.935 bits per heavy atom. The molecule has 2 fully saturated rings. The SMILES string of the molecule is O=C(C1CCC(=O)N1Cc1ccc2c(c1)OCO2)N1CCC(Cc2ccccc2)CC1. The molecule has 1 unspecified atom stereocenters. The van der Waals surface area contributed by atoms with Gasteiger partial charge in [0.25, 0.3) is 0 Å². The minimum atomic E-state index is -0.358. The average Bonchev–Trinajstić information content (AvgIpc) is 3.41. The second-order valence-electron chi connectivity index (χ2n) is 8.72. The number of piperidine rings is 1. The van der Waals surface area contributed by atoms with Crippen molar-refractivity contribution in [3.8, 4) is 11.5 Å². The summed E-state index contributed by atoms with van der Waals surface area (Å²) in [6, 6.07) is 15.9. The highest BCUT2D eigenvalue weighted by Gasteiger charge is 2.39. The van der Waals surface area contributed by atoms with Crippen LogP contribution in [0.4, 0.5) is 0 Å². The molecule has 2 aromatic carbocycles. The van der Waals surface area contributed by atoms with Crippen LogP contribution >= 0.6 is 0 Å². The molecule has 3 aliphatic heterocycles. The monoisotopic (exact) mass is 420 g/mol. The van der Waals surface area contributed by atoms with Crippen molar-refractivity contribution in [2.45, 2.75) is 44.7 Å². The fraction of sp³-hybridized carbons (Fsp3) is 0.440. The summed E-state index contributed by atoms with van der Waals surface area (Å²) in [7, 11) is 0. The van der Waals surface area contributed by atoms with E-state index in [0.717, 1.165) is 43.7 Å². The summed E-state index contributed by atoms with van der Waals surface area (Å²) in [4.78, 5) is 29.6. The van der Waals surface area contributed by atoms with E-state index in [0.29, 0.717) is 31.1 Å². The maximum absolute atomic E-state index is 13.3. The predicted molar refractivity (Wildman–Crippen MR) is 116 cm³/mol. The Balaban J connectivity index is 1.20. The molecule has 3 heterocycles. The van der Waals surface area contributed by atoms with Gasteiger partial charge in [0.2, 0.25) is 18.6 Å². The van der Waals surface area contributed by atoms with Crippen LogP contribution in [0.5, 0.6) is 11.5 Å². The highest BCUT2D eigenvalue weighted by molar-refractivity contribution is 5.91. The smallest absolute Gasteiger partial charge is 0.245 e. The van der Waals surface area contributed by atoms with E-state index in [9.17, 15) is 9.59 Å². The Labute approximate surface area is 182 Å². The molecule has 6 heteroatoms. The fourth-order valence-electron chi connectivity index (χ4n) is 4.94. The zero-order valence-electron chi connectivity index (χ0n) is 17.7. The van der Waals surface area contributed by atoms with Gasteiger partial charge in [-0.05, 0) is 54.9 Å². The van der Waals surface area contributed by atoms with E-state index in [1.165, 1.54) is 5.56 Å². The highest BCUT2D eigenvalue weighted by Crippen LogP contribution is 2.34. The van der Waals surface area contributed by atoms with Gasteiger partial charge in [0.1, 0.15) is 6.04 Å². The molecule has 2 amide bonds. The summed E-state index contributed by atoms with van der Waals surface area (Å²) in [5.41, 5.74) is 2.32. The maximum Gasteiger partial charge on any atom is 0.245 e. The van der Waals surface area contributed by atoms with Gasteiger partial charge in [-0.15, -0.1) is 0 Å². The van der Waals surface area contributed by atoms with Gasteiger partial charge in [0.05, 0.1) is 0 Å². The molecule has 0 saturated carbocycles. The Morgan fingerprint density at radius 3 is 2.52 bits per heavy atom. The van der Waals surface area contributed by atoms with Crippen molar-refractivity contribution in [1.82, 2.24) is 9.80 Å². The van der Waals surface area contributed by atoms with Gasteiger partial charge in [-0.2, -0.15) is 0 Å². The Kier molecular flexibility index (Phi) is 5.53. The van der Waals surface area contributed by atoms with Crippen LogP contribution in [-0.2, 0) is 22.6 Å². The van der Waals surface area contributed by atoms with Gasteiger partial charge < -0.3 is 19.3 Å². The average molecular weight is 421 g/mol. The van der Waals surface area contributed by atoms with Gasteiger partial charge >= 0.3 is 0 Å². The van der Waals surface area contributed by atoms with Crippen molar-refractivity contribution in [3.63, 3.8) is 0 Å². The normalized spacial score (nSPS) is 21.0. The molecule has 0 aliphatic carbocycles. The topological polar surface area (TPSA) is 59.1 Å². The fourth-order valence-corrected chi connectivity index (χ4v) is 4.94. The van der Waals surface area contributed by atoms with Crippen molar-refractivity contribution in [1.29, 1.82) is 0 Å². The van der Waals surface area contributed by atoms with E-state index >= 15 is 0 Å². The summed E-state index contributed by atoms with van der Waals surface area (Å²) < 4.78 is 10.8. The van der Waals surface area contributed by atoms with Crippen LogP contribution in [0.3, 0.4) is 0 Å². The highest BCUT2D eigenvalue weighted by atomic mass is 16.7. The van der Waals surface area contributed by atoms with Gasteiger partial charge in [-0.3, -0.25) is 9.59 Å². The molecule has 0 aromatic heterocycles. The summed E-state index contributed by atoms with van der Waals surface area (Å²) in [5.74, 6) is 2.19. The molecule has 2 aromatic rings. The van der Waals surface area contributed by atoms with Gasteiger partial charge in [0, 0.05) is 26.1 Å². The Hall–Kier alpha value is -3.02. The molecule has 0 spiro atoms. The number of rotatable bonds is 5. The molecule has 2 saturated heterocycles. The van der Waals surface area contributed by atoms with E-state index in [4.69, 9.17) is 9.47 Å². The number of hydrogen-bond donors (Lipinski definition) is 0. The zero-order valence-corrected chi connectivity index (χ0v) is 17.7. The molecule has 6 nitrogen and oxygen atoms in total. The first kappa shape index (κ1) is 19.9. The van der Waals surface area contributed by atoms with Crippen LogP contribution in [0.1, 0.15) is 36.8 Å². The molecular weight excluding hydrogens is 392 g/mol. The lowest BCUT2D eigenvalue weighted by molar-refractivity contribution is -0.142. The Bertz CT molecular complexity index is 953. The van der Waals surface area contributed by atoms with Gasteiger partial charge in [0.15, 0.2) is 11.5 Å². The van der Waals surface area contributed by atoms with Crippen LogP contribution in [0.2, 0.25) is 0 Å². The maximum atomic E-state index is 13.3. The molecule has 3 aliphatic rings. The summed E-state index contributed by atoms with van der Waals surface area (Å²) in [5, 5.41) is 0. The molecule has 31 heavy (non-hydrogen) atoms. The minimum Gasteiger partial charge on any atom is -0.454 e. The molecular formula is C25H28N2O4. The van der Waals surface area contributed by atoms with Crippen molar-refractivity contribution in [2.75, 3.05) is 19.9 Å². The third kappa shape index (κ3) is 4.24. The molecule has 162 valence electrons. The van der Waals surface area contributed by atoms with Crippen molar-refractivity contribution < 1.29 is 19.1 Å².